The van der Waals surface area contributed by atoms with Crippen LogP contribution < -0.4 is 11.6 Å². The van der Waals surface area contributed by atoms with Gasteiger partial charge in [0.15, 0.2) is 0 Å². The van der Waals surface area contributed by atoms with Crippen LogP contribution in [0, 0.1) is 0 Å². The Labute approximate surface area is 74.3 Å². The first kappa shape index (κ1) is 16.8. The van der Waals surface area contributed by atoms with Crippen molar-refractivity contribution in [2.75, 3.05) is 6.61 Å². The monoisotopic (exact) mass is 190 g/mol. The minimum atomic E-state index is -0.153. The van der Waals surface area contributed by atoms with E-state index < -0.39 is 0 Å². The zero-order chi connectivity index (χ0) is 6.62. The molecule has 0 radical (unpaired) electrons. The van der Waals surface area contributed by atoms with Crippen LogP contribution in [0.25, 0.3) is 0 Å². The van der Waals surface area contributed by atoms with E-state index in [0.29, 0.717) is 6.61 Å². The largest absolute Gasteiger partial charge is 0.325 e. The molecular formula is C5H16Cl2N2O. The highest BCUT2D eigenvalue weighted by molar-refractivity contribution is 5.85. The maximum Gasteiger partial charge on any atom is 0.0696 e. The maximum atomic E-state index is 5.59. The van der Waals surface area contributed by atoms with E-state index in [4.69, 9.17) is 11.6 Å². The third kappa shape index (κ3) is 15.8. The van der Waals surface area contributed by atoms with Gasteiger partial charge in [-0.15, -0.1) is 24.8 Å². The molecule has 0 aromatic heterocycles. The van der Waals surface area contributed by atoms with Crippen LogP contribution in [-0.4, -0.2) is 12.1 Å². The summed E-state index contributed by atoms with van der Waals surface area (Å²) in [5, 5.41) is 0. The van der Waals surface area contributed by atoms with E-state index in [9.17, 15) is 0 Å². The fraction of sp³-hybridized carbons (Fsp3) is 1.00. The van der Waals surface area contributed by atoms with Crippen molar-refractivity contribution in [2.24, 2.45) is 11.6 Å². The summed E-state index contributed by atoms with van der Waals surface area (Å²) in [6.45, 7) is 4.40. The van der Waals surface area contributed by atoms with E-state index in [-0.39, 0.29) is 30.4 Å². The fourth-order valence-electron chi connectivity index (χ4n) is 0.322. The van der Waals surface area contributed by atoms with E-state index in [1.54, 1.807) is 0 Å². The van der Waals surface area contributed by atoms with Gasteiger partial charge in [-0.25, -0.2) is 5.90 Å². The summed E-state index contributed by atoms with van der Waals surface area (Å²) in [5.74, 6) is 4.78. The van der Waals surface area contributed by atoms with Crippen LogP contribution in [0.3, 0.4) is 0 Å². The molecule has 0 aromatic carbocycles. The lowest BCUT2D eigenvalue weighted by molar-refractivity contribution is 0.122. The van der Waals surface area contributed by atoms with Gasteiger partial charge in [0.2, 0.25) is 0 Å². The van der Waals surface area contributed by atoms with Crippen molar-refractivity contribution in [3.63, 3.8) is 0 Å². The smallest absolute Gasteiger partial charge is 0.0696 e. The van der Waals surface area contributed by atoms with Crippen LogP contribution in [0.15, 0.2) is 0 Å². The SMILES string of the molecule is CC(C)(N)CCON.Cl.Cl. The molecule has 5 heteroatoms. The van der Waals surface area contributed by atoms with Gasteiger partial charge in [-0.2, -0.15) is 0 Å². The maximum absolute atomic E-state index is 5.59. The summed E-state index contributed by atoms with van der Waals surface area (Å²) in [5.41, 5.74) is 5.43. The molecule has 0 saturated carbocycles. The van der Waals surface area contributed by atoms with Crippen molar-refractivity contribution in [1.29, 1.82) is 0 Å². The Morgan fingerprint density at radius 2 is 1.70 bits per heavy atom. The van der Waals surface area contributed by atoms with Gasteiger partial charge >= 0.3 is 0 Å². The number of nitrogens with two attached hydrogens (primary N) is 2. The number of halogens is 2. The van der Waals surface area contributed by atoms with Gasteiger partial charge in [-0.05, 0) is 20.3 Å². The van der Waals surface area contributed by atoms with E-state index in [0.717, 1.165) is 6.42 Å². The van der Waals surface area contributed by atoms with E-state index in [2.05, 4.69) is 4.84 Å². The first-order valence-electron chi connectivity index (χ1n) is 2.67. The third-order valence-electron chi connectivity index (χ3n) is 0.864. The fourth-order valence-corrected chi connectivity index (χ4v) is 0.322. The molecule has 0 rings (SSSR count). The minimum absolute atomic E-state index is 0. The Morgan fingerprint density at radius 3 is 1.80 bits per heavy atom. The second kappa shape index (κ2) is 7.57. The summed E-state index contributed by atoms with van der Waals surface area (Å²) in [4.78, 5) is 4.34. The summed E-state index contributed by atoms with van der Waals surface area (Å²) < 4.78 is 0. The molecule has 0 unspecified atom stereocenters. The van der Waals surface area contributed by atoms with E-state index >= 15 is 0 Å². The molecule has 0 aliphatic carbocycles. The normalized spacial score (nSPS) is 9.60. The Kier molecular flexibility index (Phi) is 12.7. The molecule has 0 bridgehead atoms. The predicted molar refractivity (Wildman–Crippen MR) is 47.5 cm³/mol. The van der Waals surface area contributed by atoms with Crippen LogP contribution in [-0.2, 0) is 4.84 Å². The van der Waals surface area contributed by atoms with Crippen LogP contribution in [0.4, 0.5) is 0 Å². The van der Waals surface area contributed by atoms with Crippen molar-refractivity contribution in [1.82, 2.24) is 0 Å². The average molecular weight is 191 g/mol. The Morgan fingerprint density at radius 1 is 1.30 bits per heavy atom. The van der Waals surface area contributed by atoms with Crippen LogP contribution >= 0.6 is 24.8 Å². The molecule has 0 heterocycles. The Balaban J connectivity index is -0.000000245. The van der Waals surface area contributed by atoms with Crippen LogP contribution in [0.5, 0.6) is 0 Å². The second-order valence-corrected chi connectivity index (χ2v) is 2.61. The summed E-state index contributed by atoms with van der Waals surface area (Å²) >= 11 is 0. The molecule has 10 heavy (non-hydrogen) atoms. The molecule has 0 saturated heterocycles. The minimum Gasteiger partial charge on any atom is -0.325 e. The summed E-state index contributed by atoms with van der Waals surface area (Å²) in [6.07, 6.45) is 0.795. The van der Waals surface area contributed by atoms with Gasteiger partial charge in [-0.3, -0.25) is 0 Å². The second-order valence-electron chi connectivity index (χ2n) is 2.61. The number of hydrogen-bond acceptors (Lipinski definition) is 3. The molecule has 0 amide bonds. The first-order chi connectivity index (χ1) is 3.56. The van der Waals surface area contributed by atoms with Gasteiger partial charge in [-0.1, -0.05) is 0 Å². The number of hydrogen-bond donors (Lipinski definition) is 2. The molecule has 4 N–H and O–H groups in total. The van der Waals surface area contributed by atoms with Crippen molar-refractivity contribution >= 4 is 24.8 Å². The van der Waals surface area contributed by atoms with Gasteiger partial charge in [0.05, 0.1) is 6.61 Å². The van der Waals surface area contributed by atoms with E-state index in [1.165, 1.54) is 0 Å². The lowest BCUT2D eigenvalue weighted by Crippen LogP contribution is -2.33. The average Bonchev–Trinajstić information content (AvgIpc) is 1.59. The Hall–Kier alpha value is 0.460. The lowest BCUT2D eigenvalue weighted by atomic mass is 10.0. The molecule has 3 nitrogen and oxygen atoms in total. The van der Waals surface area contributed by atoms with Crippen molar-refractivity contribution in [3.8, 4) is 0 Å². The Bertz CT molecular complexity index is 65.2. The highest BCUT2D eigenvalue weighted by atomic mass is 35.5. The highest BCUT2D eigenvalue weighted by Gasteiger charge is 2.08. The van der Waals surface area contributed by atoms with Crippen LogP contribution in [0.2, 0.25) is 0 Å². The molecule has 0 aliphatic heterocycles. The molecule has 0 fully saturated rings. The van der Waals surface area contributed by atoms with Gasteiger partial charge in [0.1, 0.15) is 0 Å². The summed E-state index contributed by atoms with van der Waals surface area (Å²) in [6, 6.07) is 0. The highest BCUT2D eigenvalue weighted by Crippen LogP contribution is 2.01. The third-order valence-corrected chi connectivity index (χ3v) is 0.864. The van der Waals surface area contributed by atoms with Gasteiger partial charge < -0.3 is 10.6 Å². The van der Waals surface area contributed by atoms with Crippen molar-refractivity contribution < 1.29 is 4.84 Å². The van der Waals surface area contributed by atoms with Crippen LogP contribution in [0.1, 0.15) is 20.3 Å². The topological polar surface area (TPSA) is 61.3 Å². The molecule has 0 spiro atoms. The molecular weight excluding hydrogens is 175 g/mol. The molecule has 66 valence electrons. The van der Waals surface area contributed by atoms with Gasteiger partial charge in [0, 0.05) is 5.54 Å². The van der Waals surface area contributed by atoms with E-state index in [1.807, 2.05) is 13.8 Å². The number of rotatable bonds is 3. The molecule has 0 aliphatic rings. The standard InChI is InChI=1S/C5H14N2O.2ClH/c1-5(2,6)3-4-8-7;;/h3-4,6-7H2,1-2H3;2*1H. The zero-order valence-corrected chi connectivity index (χ0v) is 7.93. The van der Waals surface area contributed by atoms with Gasteiger partial charge in [0.25, 0.3) is 0 Å². The quantitative estimate of drug-likeness (QED) is 0.650. The van der Waals surface area contributed by atoms with Crippen molar-refractivity contribution in [2.45, 2.75) is 25.8 Å². The predicted octanol–water partition coefficient (Wildman–Crippen LogP) is 0.848. The van der Waals surface area contributed by atoms with Crippen molar-refractivity contribution in [3.05, 3.63) is 0 Å². The lowest BCUT2D eigenvalue weighted by Gasteiger charge is -2.16. The summed E-state index contributed by atoms with van der Waals surface area (Å²) in [7, 11) is 0. The molecule has 0 atom stereocenters. The molecule has 0 aromatic rings. The first-order valence-corrected chi connectivity index (χ1v) is 2.67. The zero-order valence-electron chi connectivity index (χ0n) is 6.29.